The molecular formula is C19H19NO8P-. The Morgan fingerprint density at radius 2 is 1.72 bits per heavy atom. The molecule has 4 rings (SSSR count). The standard InChI is InChI=1S/C19H17NO4.H3O4P/c1-23-18-4-3-11-7-15-13-9-17(22)16(21)8-12(13)5-6-20(15)10-14(11)19(18)24-2;1-5(2,3)4/h3-4,7-10,22H,5-6H2,1-2H3;(H3,1,2,3,4)/p-1. The van der Waals surface area contributed by atoms with Crippen molar-refractivity contribution in [3.63, 3.8) is 0 Å². The highest BCUT2D eigenvalue weighted by molar-refractivity contribution is 7.42. The van der Waals surface area contributed by atoms with Crippen LogP contribution < -0.4 is 23.8 Å². The number of aryl methyl sites for hydroxylation is 2. The lowest BCUT2D eigenvalue weighted by Gasteiger charge is -2.19. The van der Waals surface area contributed by atoms with E-state index in [1.807, 2.05) is 12.1 Å². The van der Waals surface area contributed by atoms with E-state index >= 15 is 0 Å². The Balaban J connectivity index is 0.000000431. The number of hydrogen-bond acceptors (Lipinski definition) is 7. The molecular weight excluding hydrogens is 401 g/mol. The molecule has 0 fully saturated rings. The number of ether oxygens (including phenoxy) is 2. The second-order valence-corrected chi connectivity index (χ2v) is 7.31. The van der Waals surface area contributed by atoms with E-state index in [1.165, 1.54) is 0 Å². The van der Waals surface area contributed by atoms with Crippen LogP contribution in [0.1, 0.15) is 5.56 Å². The fourth-order valence-electron chi connectivity index (χ4n) is 3.40. The van der Waals surface area contributed by atoms with Gasteiger partial charge in [0.2, 0.25) is 5.69 Å². The number of rotatable bonds is 2. The molecule has 0 radical (unpaired) electrons. The van der Waals surface area contributed by atoms with Crippen LogP contribution in [0.25, 0.3) is 22.0 Å². The maximum Gasteiger partial charge on any atom is 0.213 e. The fraction of sp³-hybridized carbons (Fsp3) is 0.211. The summed E-state index contributed by atoms with van der Waals surface area (Å²) in [5.74, 6) is 1.23. The SMILES string of the molecule is COc1ccc2cc3[n+](cc2c1OC)CCc1cc(O)c(O)cc1-3.O=P([O-])([O-])O. The fourth-order valence-corrected chi connectivity index (χ4v) is 3.40. The van der Waals surface area contributed by atoms with Crippen molar-refractivity contribution in [1.29, 1.82) is 0 Å². The summed E-state index contributed by atoms with van der Waals surface area (Å²) in [6.45, 7) is 0.794. The summed E-state index contributed by atoms with van der Waals surface area (Å²) in [6, 6.07) is 9.23. The molecule has 0 aliphatic carbocycles. The second-order valence-electron chi connectivity index (χ2n) is 6.37. The van der Waals surface area contributed by atoms with Crippen LogP contribution >= 0.6 is 7.82 Å². The van der Waals surface area contributed by atoms with Gasteiger partial charge in [0.1, 0.15) is 0 Å². The Kier molecular flexibility index (Phi) is 5.68. The molecule has 0 saturated heterocycles. The molecule has 9 nitrogen and oxygen atoms in total. The van der Waals surface area contributed by atoms with E-state index in [1.54, 1.807) is 26.4 Å². The minimum atomic E-state index is -5.14. The van der Waals surface area contributed by atoms with Crippen LogP contribution in [0.2, 0.25) is 0 Å². The van der Waals surface area contributed by atoms with E-state index in [9.17, 15) is 10.2 Å². The summed E-state index contributed by atoms with van der Waals surface area (Å²) in [5.41, 5.74) is 2.98. The van der Waals surface area contributed by atoms with E-state index in [-0.39, 0.29) is 11.5 Å². The van der Waals surface area contributed by atoms with Crippen LogP contribution in [0.4, 0.5) is 0 Å². The van der Waals surface area contributed by atoms with Gasteiger partial charge in [0.25, 0.3) is 0 Å². The van der Waals surface area contributed by atoms with E-state index in [0.29, 0.717) is 11.5 Å². The molecule has 1 aliphatic heterocycles. The van der Waals surface area contributed by atoms with Gasteiger partial charge in [-0.2, -0.15) is 4.57 Å². The number of aromatic nitrogens is 1. The maximum atomic E-state index is 9.87. The van der Waals surface area contributed by atoms with Gasteiger partial charge in [0, 0.05) is 12.5 Å². The van der Waals surface area contributed by atoms with Crippen LogP contribution in [-0.2, 0) is 17.5 Å². The van der Waals surface area contributed by atoms with E-state index in [0.717, 1.165) is 40.6 Å². The zero-order chi connectivity index (χ0) is 21.3. The molecule has 0 bridgehead atoms. The van der Waals surface area contributed by atoms with Crippen molar-refractivity contribution >= 4 is 18.6 Å². The van der Waals surface area contributed by atoms with Crippen molar-refractivity contribution in [3.05, 3.63) is 42.1 Å². The third-order valence-corrected chi connectivity index (χ3v) is 4.60. The van der Waals surface area contributed by atoms with Gasteiger partial charge in [-0.3, -0.25) is 0 Å². The highest BCUT2D eigenvalue weighted by Crippen LogP contribution is 2.39. The monoisotopic (exact) mass is 420 g/mol. The zero-order valence-electron chi connectivity index (χ0n) is 15.7. The predicted molar refractivity (Wildman–Crippen MR) is 99.5 cm³/mol. The third kappa shape index (κ3) is 4.44. The third-order valence-electron chi connectivity index (χ3n) is 4.60. The van der Waals surface area contributed by atoms with Gasteiger partial charge in [-0.05, 0) is 35.2 Å². The molecule has 0 unspecified atom stereocenters. The Labute approximate surface area is 166 Å². The minimum absolute atomic E-state index is 0.0746. The van der Waals surface area contributed by atoms with Crippen molar-refractivity contribution in [2.45, 2.75) is 13.0 Å². The van der Waals surface area contributed by atoms with Crippen molar-refractivity contribution in [3.8, 4) is 34.3 Å². The van der Waals surface area contributed by atoms with Crippen LogP contribution in [0.3, 0.4) is 0 Å². The van der Waals surface area contributed by atoms with E-state index < -0.39 is 7.82 Å². The first-order chi connectivity index (χ1) is 13.6. The summed E-state index contributed by atoms with van der Waals surface area (Å²) in [6.07, 6.45) is 2.84. The number of phenols is 2. The lowest BCUT2D eigenvalue weighted by atomic mass is 9.95. The molecule has 0 amide bonds. The maximum absolute atomic E-state index is 9.87. The smallest absolute Gasteiger partial charge is 0.213 e. The second kappa shape index (κ2) is 7.88. The summed E-state index contributed by atoms with van der Waals surface area (Å²) in [7, 11) is -1.88. The first-order valence-electron chi connectivity index (χ1n) is 8.50. The number of phosphoric acid groups is 1. The highest BCUT2D eigenvalue weighted by atomic mass is 31.2. The first-order valence-corrected chi connectivity index (χ1v) is 10.00. The summed E-state index contributed by atoms with van der Waals surface area (Å²) in [5, 5.41) is 21.6. The molecule has 0 saturated carbocycles. The largest absolute Gasteiger partial charge is 0.790 e. The number of phenolic OH excluding ortho intramolecular Hbond substituents is 2. The predicted octanol–water partition coefficient (Wildman–Crippen LogP) is 0.586. The minimum Gasteiger partial charge on any atom is -0.790 e. The molecule has 1 aliphatic rings. The Bertz CT molecular complexity index is 1120. The van der Waals surface area contributed by atoms with Gasteiger partial charge in [0.15, 0.2) is 35.7 Å². The number of fused-ring (bicyclic) bond motifs is 4. The topological polar surface area (TPSA) is 146 Å². The first kappa shape index (κ1) is 20.9. The van der Waals surface area contributed by atoms with E-state index in [2.05, 4.69) is 16.8 Å². The van der Waals surface area contributed by atoms with Gasteiger partial charge in [-0.25, -0.2) is 0 Å². The zero-order valence-corrected chi connectivity index (χ0v) is 16.6. The van der Waals surface area contributed by atoms with Gasteiger partial charge in [-0.1, -0.05) is 0 Å². The normalized spacial score (nSPS) is 12.4. The molecule has 3 aromatic rings. The van der Waals surface area contributed by atoms with Gasteiger partial charge >= 0.3 is 0 Å². The molecule has 29 heavy (non-hydrogen) atoms. The lowest BCUT2D eigenvalue weighted by molar-refractivity contribution is -0.686. The highest BCUT2D eigenvalue weighted by Gasteiger charge is 2.26. The number of pyridine rings is 1. The average molecular weight is 420 g/mol. The van der Waals surface area contributed by atoms with Crippen molar-refractivity contribution in [1.82, 2.24) is 0 Å². The van der Waals surface area contributed by atoms with Crippen molar-refractivity contribution < 1.29 is 43.5 Å². The molecule has 0 spiro atoms. The molecule has 2 aromatic carbocycles. The molecule has 154 valence electrons. The van der Waals surface area contributed by atoms with Gasteiger partial charge < -0.3 is 38.9 Å². The number of benzene rings is 2. The van der Waals surface area contributed by atoms with Crippen molar-refractivity contribution in [2.75, 3.05) is 14.2 Å². The van der Waals surface area contributed by atoms with Crippen LogP contribution in [0.5, 0.6) is 23.0 Å². The van der Waals surface area contributed by atoms with Crippen LogP contribution in [-0.4, -0.2) is 29.3 Å². The lowest BCUT2D eigenvalue weighted by Crippen LogP contribution is -2.40. The molecule has 3 N–H and O–H groups in total. The molecule has 2 heterocycles. The molecule has 1 aromatic heterocycles. The number of nitrogens with zero attached hydrogens (tertiary/aromatic N) is 1. The Morgan fingerprint density at radius 1 is 1.07 bits per heavy atom. The summed E-state index contributed by atoms with van der Waals surface area (Å²) in [4.78, 5) is 24.3. The quantitative estimate of drug-likeness (QED) is 0.310. The number of hydrogen-bond donors (Lipinski definition) is 3. The van der Waals surface area contributed by atoms with Crippen molar-refractivity contribution in [2.24, 2.45) is 0 Å². The summed E-state index contributed by atoms with van der Waals surface area (Å²) < 4.78 is 21.7. The molecule has 0 atom stereocenters. The Morgan fingerprint density at radius 3 is 2.34 bits per heavy atom. The Hall–Kier alpha value is -2.84. The average Bonchev–Trinajstić information content (AvgIpc) is 2.65. The van der Waals surface area contributed by atoms with Crippen LogP contribution in [0.15, 0.2) is 36.5 Å². The number of methoxy groups -OCH3 is 2. The molecule has 10 heteroatoms. The van der Waals surface area contributed by atoms with Gasteiger partial charge in [0.05, 0.1) is 33.0 Å². The van der Waals surface area contributed by atoms with Gasteiger partial charge in [-0.15, -0.1) is 0 Å². The van der Waals surface area contributed by atoms with E-state index in [4.69, 9.17) is 28.7 Å². The van der Waals surface area contributed by atoms with Crippen LogP contribution in [0, 0.1) is 0 Å². The number of aromatic hydroxyl groups is 2. The summed E-state index contributed by atoms with van der Waals surface area (Å²) >= 11 is 0.